The fraction of sp³-hybridized carbons (Fsp3) is 0.636. The van der Waals surface area contributed by atoms with Crippen molar-refractivity contribution in [1.82, 2.24) is 20.4 Å². The maximum atomic E-state index is 11.8. The van der Waals surface area contributed by atoms with E-state index >= 15 is 0 Å². The summed E-state index contributed by atoms with van der Waals surface area (Å²) in [6, 6.07) is 0.283. The number of likely N-dealkylation sites (N-methyl/N-ethyl adjacent to an activating group) is 1. The number of rotatable bonds is 5. The SMILES string of the molecule is CCN[C@H](C)CNC(=O)c1cn(C)nc1C. The highest BCUT2D eigenvalue weighted by atomic mass is 16.1. The number of hydrogen-bond donors (Lipinski definition) is 2. The van der Waals surface area contributed by atoms with E-state index < -0.39 is 0 Å². The smallest absolute Gasteiger partial charge is 0.254 e. The van der Waals surface area contributed by atoms with Crippen molar-refractivity contribution in [2.75, 3.05) is 13.1 Å². The topological polar surface area (TPSA) is 58.9 Å². The minimum atomic E-state index is -0.0599. The number of aromatic nitrogens is 2. The summed E-state index contributed by atoms with van der Waals surface area (Å²) in [5.41, 5.74) is 1.40. The van der Waals surface area contributed by atoms with Crippen LogP contribution in [0.2, 0.25) is 0 Å². The zero-order valence-electron chi connectivity index (χ0n) is 10.4. The lowest BCUT2D eigenvalue weighted by Crippen LogP contribution is -2.38. The fourth-order valence-electron chi connectivity index (χ4n) is 1.58. The molecule has 2 N–H and O–H groups in total. The molecule has 5 heteroatoms. The number of carbonyl (C=O) groups is 1. The van der Waals surface area contributed by atoms with Gasteiger partial charge in [-0.1, -0.05) is 6.92 Å². The third-order valence-corrected chi connectivity index (χ3v) is 2.38. The molecule has 1 aromatic heterocycles. The van der Waals surface area contributed by atoms with Gasteiger partial charge in [0.15, 0.2) is 0 Å². The molecule has 1 rings (SSSR count). The van der Waals surface area contributed by atoms with E-state index in [4.69, 9.17) is 0 Å². The summed E-state index contributed by atoms with van der Waals surface area (Å²) in [5.74, 6) is -0.0599. The zero-order chi connectivity index (χ0) is 12.1. The Kier molecular flexibility index (Phi) is 4.49. The van der Waals surface area contributed by atoms with Gasteiger partial charge in [-0.25, -0.2) is 0 Å². The second-order valence-corrected chi connectivity index (χ2v) is 3.97. The van der Waals surface area contributed by atoms with E-state index in [1.807, 2.05) is 27.8 Å². The molecule has 5 nitrogen and oxygen atoms in total. The van der Waals surface area contributed by atoms with E-state index in [1.165, 1.54) is 0 Å². The Balaban J connectivity index is 2.50. The second kappa shape index (κ2) is 5.65. The molecule has 0 radical (unpaired) electrons. The molecule has 90 valence electrons. The third-order valence-electron chi connectivity index (χ3n) is 2.38. The summed E-state index contributed by atoms with van der Waals surface area (Å²) in [7, 11) is 1.81. The molecule has 1 atom stereocenters. The van der Waals surface area contributed by atoms with E-state index in [2.05, 4.69) is 15.7 Å². The van der Waals surface area contributed by atoms with Crippen molar-refractivity contribution in [2.24, 2.45) is 7.05 Å². The molecule has 0 saturated carbocycles. The van der Waals surface area contributed by atoms with E-state index in [1.54, 1.807) is 10.9 Å². The van der Waals surface area contributed by atoms with Crippen LogP contribution in [0.4, 0.5) is 0 Å². The summed E-state index contributed by atoms with van der Waals surface area (Å²) in [6.07, 6.45) is 1.74. The average molecular weight is 224 g/mol. The van der Waals surface area contributed by atoms with Gasteiger partial charge in [0.1, 0.15) is 0 Å². The molecule has 1 amide bonds. The quantitative estimate of drug-likeness (QED) is 0.763. The molecule has 0 bridgehead atoms. The Morgan fingerprint density at radius 3 is 2.81 bits per heavy atom. The molecule has 0 aliphatic carbocycles. The van der Waals surface area contributed by atoms with Crippen molar-refractivity contribution in [2.45, 2.75) is 26.8 Å². The van der Waals surface area contributed by atoms with Gasteiger partial charge >= 0.3 is 0 Å². The minimum Gasteiger partial charge on any atom is -0.350 e. The summed E-state index contributed by atoms with van der Waals surface area (Å²) in [4.78, 5) is 11.8. The predicted molar refractivity (Wildman–Crippen MR) is 63.4 cm³/mol. The van der Waals surface area contributed by atoms with Gasteiger partial charge in [0.25, 0.3) is 5.91 Å². The van der Waals surface area contributed by atoms with Crippen LogP contribution >= 0.6 is 0 Å². The predicted octanol–water partition coefficient (Wildman–Crippen LogP) is 0.456. The number of nitrogens with one attached hydrogen (secondary N) is 2. The number of carbonyl (C=O) groups excluding carboxylic acids is 1. The Hall–Kier alpha value is -1.36. The number of amides is 1. The van der Waals surface area contributed by atoms with Gasteiger partial charge in [0, 0.05) is 25.8 Å². The fourth-order valence-corrected chi connectivity index (χ4v) is 1.58. The van der Waals surface area contributed by atoms with Crippen molar-refractivity contribution in [3.63, 3.8) is 0 Å². The highest BCUT2D eigenvalue weighted by Crippen LogP contribution is 2.03. The van der Waals surface area contributed by atoms with Crippen molar-refractivity contribution < 1.29 is 4.79 Å². The highest BCUT2D eigenvalue weighted by molar-refractivity contribution is 5.94. The molecule has 1 aromatic rings. The Morgan fingerprint density at radius 2 is 2.31 bits per heavy atom. The van der Waals surface area contributed by atoms with Crippen molar-refractivity contribution in [3.05, 3.63) is 17.5 Å². The molecule has 0 aliphatic rings. The van der Waals surface area contributed by atoms with Crippen molar-refractivity contribution in [1.29, 1.82) is 0 Å². The summed E-state index contributed by atoms with van der Waals surface area (Å²) in [5, 5.41) is 10.3. The van der Waals surface area contributed by atoms with Crippen LogP contribution in [0.3, 0.4) is 0 Å². The lowest BCUT2D eigenvalue weighted by molar-refractivity contribution is 0.0949. The van der Waals surface area contributed by atoms with Crippen LogP contribution < -0.4 is 10.6 Å². The summed E-state index contributed by atoms with van der Waals surface area (Å²) >= 11 is 0. The van der Waals surface area contributed by atoms with Crippen LogP contribution in [0.5, 0.6) is 0 Å². The molecular weight excluding hydrogens is 204 g/mol. The summed E-state index contributed by atoms with van der Waals surface area (Å²) in [6.45, 7) is 7.45. The Morgan fingerprint density at radius 1 is 1.62 bits per heavy atom. The monoisotopic (exact) mass is 224 g/mol. The number of aryl methyl sites for hydroxylation is 2. The molecular formula is C11H20N4O. The Labute approximate surface area is 96.2 Å². The minimum absolute atomic E-state index is 0.0599. The van der Waals surface area contributed by atoms with Crippen LogP contribution in [0.1, 0.15) is 29.9 Å². The van der Waals surface area contributed by atoms with Crippen molar-refractivity contribution in [3.8, 4) is 0 Å². The first kappa shape index (κ1) is 12.7. The molecule has 0 spiro atoms. The van der Waals surface area contributed by atoms with Gasteiger partial charge in [-0.2, -0.15) is 5.10 Å². The second-order valence-electron chi connectivity index (χ2n) is 3.97. The molecule has 16 heavy (non-hydrogen) atoms. The molecule has 1 heterocycles. The van der Waals surface area contributed by atoms with Gasteiger partial charge in [-0.15, -0.1) is 0 Å². The average Bonchev–Trinajstić information content (AvgIpc) is 2.55. The van der Waals surface area contributed by atoms with Crippen LogP contribution in [0.15, 0.2) is 6.20 Å². The molecule has 0 saturated heterocycles. The number of nitrogens with zero attached hydrogens (tertiary/aromatic N) is 2. The van der Waals surface area contributed by atoms with Crippen molar-refractivity contribution >= 4 is 5.91 Å². The van der Waals surface area contributed by atoms with Gasteiger partial charge in [-0.05, 0) is 20.4 Å². The van der Waals surface area contributed by atoms with Gasteiger partial charge in [0.05, 0.1) is 11.3 Å². The first-order chi connectivity index (χ1) is 7.54. The first-order valence-corrected chi connectivity index (χ1v) is 5.56. The van der Waals surface area contributed by atoms with Gasteiger partial charge in [-0.3, -0.25) is 9.48 Å². The zero-order valence-corrected chi connectivity index (χ0v) is 10.4. The first-order valence-electron chi connectivity index (χ1n) is 5.56. The van der Waals surface area contributed by atoms with Crippen LogP contribution in [0, 0.1) is 6.92 Å². The van der Waals surface area contributed by atoms with Gasteiger partial charge < -0.3 is 10.6 Å². The third kappa shape index (κ3) is 3.34. The highest BCUT2D eigenvalue weighted by Gasteiger charge is 2.12. The molecule has 0 aromatic carbocycles. The van der Waals surface area contributed by atoms with E-state index in [0.29, 0.717) is 12.1 Å². The lowest BCUT2D eigenvalue weighted by atomic mass is 10.2. The van der Waals surface area contributed by atoms with Crippen LogP contribution in [-0.4, -0.2) is 34.8 Å². The van der Waals surface area contributed by atoms with Gasteiger partial charge in [0.2, 0.25) is 0 Å². The maximum absolute atomic E-state index is 11.8. The van der Waals surface area contributed by atoms with Crippen LogP contribution in [-0.2, 0) is 7.05 Å². The standard InChI is InChI=1S/C11H20N4O/c1-5-12-8(2)6-13-11(16)10-7-15(4)14-9(10)3/h7-8,12H,5-6H2,1-4H3,(H,13,16)/t8-/m1/s1. The lowest BCUT2D eigenvalue weighted by Gasteiger charge is -2.12. The van der Waals surface area contributed by atoms with E-state index in [9.17, 15) is 4.79 Å². The van der Waals surface area contributed by atoms with Crippen LogP contribution in [0.25, 0.3) is 0 Å². The number of hydrogen-bond acceptors (Lipinski definition) is 3. The maximum Gasteiger partial charge on any atom is 0.254 e. The van der Waals surface area contributed by atoms with E-state index in [0.717, 1.165) is 12.2 Å². The Bertz CT molecular complexity index is 359. The molecule has 0 fully saturated rings. The van der Waals surface area contributed by atoms with E-state index in [-0.39, 0.29) is 11.9 Å². The molecule has 0 unspecified atom stereocenters. The molecule has 0 aliphatic heterocycles. The summed E-state index contributed by atoms with van der Waals surface area (Å²) < 4.78 is 1.65. The largest absolute Gasteiger partial charge is 0.350 e. The normalized spacial score (nSPS) is 12.5.